The Morgan fingerprint density at radius 3 is 2.53 bits per heavy atom. The van der Waals surface area contributed by atoms with Crippen LogP contribution in [0.4, 0.5) is 0 Å². The fraction of sp³-hybridized carbons (Fsp3) is 0.286. The minimum atomic E-state index is -0.337. The van der Waals surface area contributed by atoms with Crippen molar-refractivity contribution in [3.8, 4) is 17.0 Å². The van der Waals surface area contributed by atoms with Crippen LogP contribution in [0.2, 0.25) is 0 Å². The monoisotopic (exact) mass is 322 g/mol. The quantitative estimate of drug-likeness (QED) is 0.847. The Morgan fingerprint density at radius 2 is 2.00 bits per heavy atom. The normalized spacial score (nSPS) is 11.6. The highest BCUT2D eigenvalue weighted by Crippen LogP contribution is 2.27. The third kappa shape index (κ3) is 2.87. The van der Waals surface area contributed by atoms with Crippen LogP contribution in [-0.4, -0.2) is 15.1 Å². The molecule has 2 N–H and O–H groups in total. The molecule has 0 aliphatic heterocycles. The van der Waals surface area contributed by atoms with E-state index >= 15 is 0 Å². The number of aromatic amines is 1. The van der Waals surface area contributed by atoms with E-state index in [2.05, 4.69) is 25.9 Å². The number of rotatable bonds is 1. The molecular formula is C14H15BrN2O2. The lowest BCUT2D eigenvalue weighted by Gasteiger charge is -2.17. The largest absolute Gasteiger partial charge is 0.493 e. The second-order valence-corrected chi connectivity index (χ2v) is 6.29. The van der Waals surface area contributed by atoms with Crippen molar-refractivity contribution < 1.29 is 5.11 Å². The number of aromatic nitrogens is 2. The molecule has 0 aliphatic rings. The maximum Gasteiger partial charge on any atom is 0.262 e. The molecule has 0 amide bonds. The van der Waals surface area contributed by atoms with E-state index in [1.165, 1.54) is 0 Å². The first-order valence-corrected chi connectivity index (χ1v) is 6.68. The molecule has 100 valence electrons. The Labute approximate surface area is 119 Å². The first-order chi connectivity index (χ1) is 8.79. The molecular weight excluding hydrogens is 308 g/mol. The van der Waals surface area contributed by atoms with Gasteiger partial charge < -0.3 is 10.1 Å². The Morgan fingerprint density at radius 1 is 1.32 bits per heavy atom. The maximum absolute atomic E-state index is 12.1. The van der Waals surface area contributed by atoms with E-state index in [1.807, 2.05) is 26.8 Å². The molecule has 0 bridgehead atoms. The van der Waals surface area contributed by atoms with E-state index in [-0.39, 0.29) is 22.4 Å². The Kier molecular flexibility index (Phi) is 3.49. The molecule has 2 rings (SSSR count). The van der Waals surface area contributed by atoms with Crippen molar-refractivity contribution in [2.45, 2.75) is 26.2 Å². The third-order valence-electron chi connectivity index (χ3n) is 2.72. The lowest BCUT2D eigenvalue weighted by atomic mass is 9.95. The van der Waals surface area contributed by atoms with Gasteiger partial charge in [-0.2, -0.15) is 4.98 Å². The zero-order chi connectivity index (χ0) is 14.2. The highest BCUT2D eigenvalue weighted by molar-refractivity contribution is 9.10. The predicted molar refractivity (Wildman–Crippen MR) is 78.4 cm³/mol. The summed E-state index contributed by atoms with van der Waals surface area (Å²) in [7, 11) is 0. The molecule has 1 aromatic heterocycles. The first-order valence-electron chi connectivity index (χ1n) is 5.89. The minimum absolute atomic E-state index is 0.189. The molecule has 0 saturated carbocycles. The topological polar surface area (TPSA) is 66.0 Å². The van der Waals surface area contributed by atoms with Crippen LogP contribution in [0.25, 0.3) is 11.1 Å². The molecule has 19 heavy (non-hydrogen) atoms. The summed E-state index contributed by atoms with van der Waals surface area (Å²) in [6.07, 6.45) is 0. The third-order valence-corrected chi connectivity index (χ3v) is 3.22. The summed E-state index contributed by atoms with van der Waals surface area (Å²) in [5.74, 6) is 0.223. The molecule has 5 heteroatoms. The molecule has 0 spiro atoms. The zero-order valence-corrected chi connectivity index (χ0v) is 12.6. The number of benzene rings is 1. The standard InChI is InChI=1S/C14H15BrN2O2/c1-14(2,3)13-16-11(18)10(12(19)17-13)8-5-4-6-9(15)7-8/h4-7H,1-3H3,(H2,16,17,18,19). The van der Waals surface area contributed by atoms with Gasteiger partial charge >= 0.3 is 0 Å². The molecule has 0 aliphatic carbocycles. The average Bonchev–Trinajstić information content (AvgIpc) is 2.26. The molecule has 0 atom stereocenters. The molecule has 0 saturated heterocycles. The van der Waals surface area contributed by atoms with Crippen LogP contribution in [-0.2, 0) is 5.41 Å². The van der Waals surface area contributed by atoms with Crippen LogP contribution in [0.5, 0.6) is 5.88 Å². The van der Waals surface area contributed by atoms with Crippen LogP contribution in [0, 0.1) is 0 Å². The Balaban J connectivity index is 2.64. The van der Waals surface area contributed by atoms with Gasteiger partial charge in [0.2, 0.25) is 5.88 Å². The van der Waals surface area contributed by atoms with Gasteiger partial charge in [0.15, 0.2) is 0 Å². The summed E-state index contributed by atoms with van der Waals surface area (Å²) in [6, 6.07) is 7.18. The summed E-state index contributed by atoms with van der Waals surface area (Å²) in [4.78, 5) is 19.0. The lowest BCUT2D eigenvalue weighted by molar-refractivity contribution is 0.437. The van der Waals surface area contributed by atoms with Crippen LogP contribution < -0.4 is 5.56 Å². The van der Waals surface area contributed by atoms with Gasteiger partial charge in [0, 0.05) is 9.89 Å². The number of nitrogens with zero attached hydrogens (tertiary/aromatic N) is 1. The van der Waals surface area contributed by atoms with Crippen molar-refractivity contribution in [3.05, 3.63) is 44.9 Å². The number of aromatic hydroxyl groups is 1. The van der Waals surface area contributed by atoms with E-state index < -0.39 is 0 Å². The molecule has 1 heterocycles. The zero-order valence-electron chi connectivity index (χ0n) is 11.0. The average molecular weight is 323 g/mol. The molecule has 4 nitrogen and oxygen atoms in total. The van der Waals surface area contributed by atoms with Crippen molar-refractivity contribution in [2.75, 3.05) is 0 Å². The van der Waals surface area contributed by atoms with E-state index in [0.717, 1.165) is 4.47 Å². The molecule has 0 radical (unpaired) electrons. The SMILES string of the molecule is CC(C)(C)c1nc(O)c(-c2cccc(Br)c2)c(=O)[nH]1. The summed E-state index contributed by atoms with van der Waals surface area (Å²) in [5.41, 5.74) is 0.151. The number of hydrogen-bond acceptors (Lipinski definition) is 3. The van der Waals surface area contributed by atoms with Gasteiger partial charge in [0.05, 0.1) is 0 Å². The van der Waals surface area contributed by atoms with Gasteiger partial charge in [-0.15, -0.1) is 0 Å². The first kappa shape index (κ1) is 13.8. The van der Waals surface area contributed by atoms with Crippen molar-refractivity contribution in [3.63, 3.8) is 0 Å². The summed E-state index contributed by atoms with van der Waals surface area (Å²) >= 11 is 3.34. The predicted octanol–water partition coefficient (Wildman–Crippen LogP) is 3.20. The van der Waals surface area contributed by atoms with E-state index in [4.69, 9.17) is 0 Å². The second kappa shape index (κ2) is 4.81. The van der Waals surface area contributed by atoms with Crippen LogP contribution in [0.3, 0.4) is 0 Å². The van der Waals surface area contributed by atoms with Gasteiger partial charge in [0.1, 0.15) is 11.4 Å². The van der Waals surface area contributed by atoms with Gasteiger partial charge in [-0.05, 0) is 17.7 Å². The number of hydrogen-bond donors (Lipinski definition) is 2. The van der Waals surface area contributed by atoms with Gasteiger partial charge in [-0.25, -0.2) is 0 Å². The fourth-order valence-electron chi connectivity index (χ4n) is 1.72. The molecule has 0 fully saturated rings. The number of nitrogens with one attached hydrogen (secondary N) is 1. The van der Waals surface area contributed by atoms with Gasteiger partial charge in [-0.3, -0.25) is 4.79 Å². The van der Waals surface area contributed by atoms with Crippen molar-refractivity contribution in [2.24, 2.45) is 0 Å². The lowest BCUT2D eigenvalue weighted by Crippen LogP contribution is -2.22. The number of halogens is 1. The maximum atomic E-state index is 12.1. The van der Waals surface area contributed by atoms with E-state index in [0.29, 0.717) is 11.4 Å². The highest BCUT2D eigenvalue weighted by Gasteiger charge is 2.21. The van der Waals surface area contributed by atoms with Crippen LogP contribution in [0.15, 0.2) is 33.5 Å². The van der Waals surface area contributed by atoms with Crippen LogP contribution >= 0.6 is 15.9 Å². The van der Waals surface area contributed by atoms with Crippen molar-refractivity contribution >= 4 is 15.9 Å². The van der Waals surface area contributed by atoms with E-state index in [1.54, 1.807) is 18.2 Å². The Hall–Kier alpha value is -1.62. The van der Waals surface area contributed by atoms with Gasteiger partial charge in [0.25, 0.3) is 5.56 Å². The van der Waals surface area contributed by atoms with Crippen molar-refractivity contribution in [1.82, 2.24) is 9.97 Å². The highest BCUT2D eigenvalue weighted by atomic mass is 79.9. The summed E-state index contributed by atoms with van der Waals surface area (Å²) in [5, 5.41) is 10.0. The van der Waals surface area contributed by atoms with E-state index in [9.17, 15) is 9.90 Å². The smallest absolute Gasteiger partial charge is 0.262 e. The number of H-pyrrole nitrogens is 1. The summed E-state index contributed by atoms with van der Waals surface area (Å²) < 4.78 is 0.837. The van der Waals surface area contributed by atoms with Gasteiger partial charge in [-0.1, -0.05) is 48.8 Å². The second-order valence-electron chi connectivity index (χ2n) is 5.37. The fourth-order valence-corrected chi connectivity index (χ4v) is 2.12. The minimum Gasteiger partial charge on any atom is -0.493 e. The summed E-state index contributed by atoms with van der Waals surface area (Å²) in [6.45, 7) is 5.76. The molecule has 2 aromatic rings. The Bertz CT molecular complexity index is 672. The van der Waals surface area contributed by atoms with Crippen LogP contribution in [0.1, 0.15) is 26.6 Å². The molecule has 1 aromatic carbocycles. The van der Waals surface area contributed by atoms with Crippen molar-refractivity contribution in [1.29, 1.82) is 0 Å². The molecule has 0 unspecified atom stereocenters.